The number of thioether (sulfide) groups is 1. The number of nitrogens with one attached hydrogen (secondary N) is 1. The van der Waals surface area contributed by atoms with Gasteiger partial charge in [0.15, 0.2) is 5.16 Å². The van der Waals surface area contributed by atoms with Crippen LogP contribution in [0.1, 0.15) is 0 Å². The Bertz CT molecular complexity index is 1190. The van der Waals surface area contributed by atoms with E-state index < -0.39 is 0 Å². The van der Waals surface area contributed by atoms with E-state index in [1.807, 2.05) is 11.4 Å². The highest BCUT2D eigenvalue weighted by Crippen LogP contribution is 2.24. The smallest absolute Gasteiger partial charge is 0.272 e. The third kappa shape index (κ3) is 3.17. The van der Waals surface area contributed by atoms with E-state index in [2.05, 4.69) is 15.5 Å². The summed E-state index contributed by atoms with van der Waals surface area (Å²) in [6.45, 7) is 0. The minimum Gasteiger partial charge on any atom is -0.497 e. The average molecular weight is 401 g/mol. The molecule has 3 aromatic heterocycles. The van der Waals surface area contributed by atoms with Gasteiger partial charge in [0.05, 0.1) is 18.4 Å². The summed E-state index contributed by atoms with van der Waals surface area (Å²) in [6, 6.07) is 8.97. The fraction of sp³-hybridized carbons (Fsp3) is 0.176. The summed E-state index contributed by atoms with van der Waals surface area (Å²) in [5, 5.41) is 13.5. The largest absolute Gasteiger partial charge is 0.497 e. The number of carbonyl (C=O) groups excluding carboxylic acids is 1. The number of benzene rings is 1. The number of hydrogen-bond acceptors (Lipinski definition) is 7. The molecule has 4 aromatic rings. The lowest BCUT2D eigenvalue weighted by Crippen LogP contribution is -2.19. The Morgan fingerprint density at radius 3 is 2.78 bits per heavy atom. The van der Waals surface area contributed by atoms with Crippen molar-refractivity contribution in [2.24, 2.45) is 7.05 Å². The van der Waals surface area contributed by atoms with E-state index in [1.165, 1.54) is 27.7 Å². The number of carbonyl (C=O) groups is 1. The number of nitrogens with zero attached hydrogens (tertiary/aromatic N) is 4. The van der Waals surface area contributed by atoms with E-state index in [-0.39, 0.29) is 17.2 Å². The number of amides is 1. The summed E-state index contributed by atoms with van der Waals surface area (Å²) in [7, 11) is 3.25. The van der Waals surface area contributed by atoms with Crippen LogP contribution in [0.2, 0.25) is 0 Å². The van der Waals surface area contributed by atoms with Crippen LogP contribution in [-0.4, -0.2) is 37.9 Å². The number of rotatable bonds is 5. The van der Waals surface area contributed by atoms with Gasteiger partial charge in [-0.25, -0.2) is 0 Å². The van der Waals surface area contributed by atoms with Crippen molar-refractivity contribution in [2.45, 2.75) is 5.16 Å². The van der Waals surface area contributed by atoms with Crippen molar-refractivity contribution < 1.29 is 9.53 Å². The van der Waals surface area contributed by atoms with E-state index in [9.17, 15) is 9.59 Å². The molecule has 10 heteroatoms. The van der Waals surface area contributed by atoms with Crippen LogP contribution in [0.4, 0.5) is 5.69 Å². The lowest BCUT2D eigenvalue weighted by molar-refractivity contribution is -0.113. The van der Waals surface area contributed by atoms with Gasteiger partial charge in [0, 0.05) is 12.7 Å². The summed E-state index contributed by atoms with van der Waals surface area (Å²) < 4.78 is 9.00. The van der Waals surface area contributed by atoms with Crippen LogP contribution in [0.3, 0.4) is 0 Å². The topological polar surface area (TPSA) is 90.5 Å². The Labute approximate surface area is 161 Å². The zero-order chi connectivity index (χ0) is 19.0. The first-order valence-corrected chi connectivity index (χ1v) is 9.83. The van der Waals surface area contributed by atoms with Crippen molar-refractivity contribution in [1.82, 2.24) is 19.2 Å². The molecule has 1 aromatic carbocycles. The second-order valence-corrected chi connectivity index (χ2v) is 7.54. The molecule has 1 amide bonds. The Morgan fingerprint density at radius 1 is 1.26 bits per heavy atom. The molecule has 27 heavy (non-hydrogen) atoms. The van der Waals surface area contributed by atoms with Gasteiger partial charge in [-0.05, 0) is 35.7 Å². The van der Waals surface area contributed by atoms with Crippen LogP contribution in [0.15, 0.2) is 45.7 Å². The molecule has 0 aliphatic rings. The monoisotopic (exact) mass is 401 g/mol. The lowest BCUT2D eigenvalue weighted by atomic mass is 10.3. The molecule has 4 rings (SSSR count). The molecule has 0 atom stereocenters. The predicted octanol–water partition coefficient (Wildman–Crippen LogP) is 2.38. The lowest BCUT2D eigenvalue weighted by Gasteiger charge is -2.06. The van der Waals surface area contributed by atoms with Gasteiger partial charge in [0.1, 0.15) is 10.4 Å². The van der Waals surface area contributed by atoms with E-state index in [0.717, 1.165) is 11.3 Å². The predicted molar refractivity (Wildman–Crippen MR) is 106 cm³/mol. The molecule has 0 radical (unpaired) electrons. The van der Waals surface area contributed by atoms with Gasteiger partial charge in [0.25, 0.3) is 5.56 Å². The van der Waals surface area contributed by atoms with Gasteiger partial charge in [-0.1, -0.05) is 11.8 Å². The van der Waals surface area contributed by atoms with Gasteiger partial charge in [-0.3, -0.25) is 18.6 Å². The summed E-state index contributed by atoms with van der Waals surface area (Å²) in [5.74, 6) is 1.18. The van der Waals surface area contributed by atoms with Gasteiger partial charge >= 0.3 is 0 Å². The van der Waals surface area contributed by atoms with Crippen LogP contribution < -0.4 is 15.6 Å². The standard InChI is InChI=1S/C17H15N5O3S2/c1-21-15(24)14-12(7-8-26-14)22-16(21)19-20-17(22)27-9-13(23)18-10-3-5-11(25-2)6-4-10/h3-8H,9H2,1-2H3,(H,18,23). The second-order valence-electron chi connectivity index (χ2n) is 5.68. The Morgan fingerprint density at radius 2 is 2.04 bits per heavy atom. The first-order valence-electron chi connectivity index (χ1n) is 7.96. The number of aryl methyl sites for hydroxylation is 1. The Kier molecular flexibility index (Phi) is 4.58. The van der Waals surface area contributed by atoms with Crippen molar-refractivity contribution in [3.63, 3.8) is 0 Å². The van der Waals surface area contributed by atoms with Gasteiger partial charge in [0.2, 0.25) is 11.7 Å². The first kappa shape index (κ1) is 17.6. The van der Waals surface area contributed by atoms with Crippen LogP contribution in [0.5, 0.6) is 5.75 Å². The molecule has 0 aliphatic heterocycles. The molecule has 3 heterocycles. The summed E-state index contributed by atoms with van der Waals surface area (Å²) in [6.07, 6.45) is 0. The maximum absolute atomic E-state index is 12.3. The van der Waals surface area contributed by atoms with Crippen LogP contribution in [-0.2, 0) is 11.8 Å². The van der Waals surface area contributed by atoms with Crippen molar-refractivity contribution >= 4 is 50.7 Å². The minimum atomic E-state index is -0.159. The minimum absolute atomic E-state index is 0.103. The third-order valence-corrected chi connectivity index (χ3v) is 5.83. The molecule has 0 spiro atoms. The van der Waals surface area contributed by atoms with Crippen molar-refractivity contribution in [1.29, 1.82) is 0 Å². The van der Waals surface area contributed by atoms with E-state index in [0.29, 0.717) is 21.3 Å². The molecule has 0 unspecified atom stereocenters. The molecule has 0 saturated carbocycles. The average Bonchev–Trinajstić information content (AvgIpc) is 3.32. The summed E-state index contributed by atoms with van der Waals surface area (Å²) in [5.41, 5.74) is 1.34. The normalized spacial score (nSPS) is 11.2. The number of fused-ring (bicyclic) bond motifs is 3. The molecular weight excluding hydrogens is 386 g/mol. The molecule has 1 N–H and O–H groups in total. The number of thiophene rings is 1. The Hall–Kier alpha value is -2.85. The van der Waals surface area contributed by atoms with Crippen LogP contribution >= 0.6 is 23.1 Å². The molecule has 138 valence electrons. The molecule has 0 fully saturated rings. The summed E-state index contributed by atoms with van der Waals surface area (Å²) in [4.78, 5) is 24.6. The summed E-state index contributed by atoms with van der Waals surface area (Å²) >= 11 is 2.64. The maximum atomic E-state index is 12.3. The highest BCUT2D eigenvalue weighted by molar-refractivity contribution is 7.99. The zero-order valence-corrected chi connectivity index (χ0v) is 16.1. The van der Waals surface area contributed by atoms with Crippen molar-refractivity contribution in [3.05, 3.63) is 46.1 Å². The van der Waals surface area contributed by atoms with E-state index in [4.69, 9.17) is 4.74 Å². The first-order chi connectivity index (χ1) is 13.1. The van der Waals surface area contributed by atoms with Crippen molar-refractivity contribution in [2.75, 3.05) is 18.2 Å². The number of methoxy groups -OCH3 is 1. The number of anilines is 1. The molecule has 0 saturated heterocycles. The SMILES string of the molecule is COc1ccc(NC(=O)CSc2nnc3n(C)c(=O)c4sccc4n23)cc1. The maximum Gasteiger partial charge on any atom is 0.272 e. The quantitative estimate of drug-likeness (QED) is 0.517. The van der Waals surface area contributed by atoms with E-state index >= 15 is 0 Å². The number of ether oxygens (including phenoxy) is 1. The number of hydrogen-bond donors (Lipinski definition) is 1. The molecule has 0 aliphatic carbocycles. The highest BCUT2D eigenvalue weighted by Gasteiger charge is 2.16. The molecular formula is C17H15N5O3S2. The Balaban J connectivity index is 1.55. The van der Waals surface area contributed by atoms with Gasteiger partial charge < -0.3 is 10.1 Å². The fourth-order valence-electron chi connectivity index (χ4n) is 2.67. The third-order valence-electron chi connectivity index (χ3n) is 4.01. The fourth-order valence-corrected chi connectivity index (χ4v) is 4.26. The van der Waals surface area contributed by atoms with Crippen LogP contribution in [0, 0.1) is 0 Å². The van der Waals surface area contributed by atoms with Crippen molar-refractivity contribution in [3.8, 4) is 5.75 Å². The van der Waals surface area contributed by atoms with Gasteiger partial charge in [-0.2, -0.15) is 0 Å². The van der Waals surface area contributed by atoms with E-state index in [1.54, 1.807) is 42.8 Å². The molecule has 0 bridgehead atoms. The second kappa shape index (κ2) is 7.05. The number of aromatic nitrogens is 4. The van der Waals surface area contributed by atoms with Gasteiger partial charge in [-0.15, -0.1) is 21.5 Å². The molecule has 8 nitrogen and oxygen atoms in total. The highest BCUT2D eigenvalue weighted by atomic mass is 32.2. The zero-order valence-electron chi connectivity index (χ0n) is 14.5. The van der Waals surface area contributed by atoms with Crippen LogP contribution in [0.25, 0.3) is 16.0 Å².